The molecule has 1 heterocycles. The molecular formula is C5H7BrClNO2. The van der Waals surface area contributed by atoms with Crippen LogP contribution in [-0.4, -0.2) is 28.0 Å². The molecule has 0 aromatic rings. The summed E-state index contributed by atoms with van der Waals surface area (Å²) >= 11 is 8.67. The van der Waals surface area contributed by atoms with Crippen molar-refractivity contribution in [1.29, 1.82) is 0 Å². The maximum atomic E-state index is 10.7. The fraction of sp³-hybridized carbons (Fsp3) is 0.800. The fourth-order valence-electron chi connectivity index (χ4n) is 0.642. The van der Waals surface area contributed by atoms with E-state index in [0.717, 1.165) is 0 Å². The van der Waals surface area contributed by atoms with Gasteiger partial charge in [0.25, 0.3) is 0 Å². The number of alkyl halides is 1. The molecule has 5 heteroatoms. The molecule has 0 N–H and O–H groups in total. The normalized spacial score (nSPS) is 32.7. The van der Waals surface area contributed by atoms with Crippen LogP contribution in [0.15, 0.2) is 0 Å². The highest BCUT2D eigenvalue weighted by Crippen LogP contribution is 2.28. The van der Waals surface area contributed by atoms with Crippen LogP contribution in [0.2, 0.25) is 0 Å². The predicted octanol–water partition coefficient (Wildman–Crippen LogP) is 1.75. The van der Waals surface area contributed by atoms with Crippen LogP contribution >= 0.6 is 27.7 Å². The molecule has 0 spiro atoms. The lowest BCUT2D eigenvalue weighted by Gasteiger charge is -2.22. The molecule has 10 heavy (non-hydrogen) atoms. The van der Waals surface area contributed by atoms with Crippen molar-refractivity contribution in [2.24, 2.45) is 0 Å². The molecule has 1 aliphatic rings. The van der Waals surface area contributed by atoms with Gasteiger partial charge in [0.15, 0.2) is 0 Å². The highest BCUT2D eigenvalue weighted by atomic mass is 79.9. The van der Waals surface area contributed by atoms with E-state index in [1.807, 2.05) is 6.92 Å². The van der Waals surface area contributed by atoms with E-state index in [4.69, 9.17) is 16.3 Å². The molecule has 1 rings (SSSR count). The lowest BCUT2D eigenvalue weighted by Crippen LogP contribution is -2.39. The van der Waals surface area contributed by atoms with Gasteiger partial charge in [-0.1, -0.05) is 0 Å². The first-order valence-electron chi connectivity index (χ1n) is 2.79. The summed E-state index contributed by atoms with van der Waals surface area (Å²) in [4.78, 5) is 10.7. The SMILES string of the molecule is CC1(CCl)COC(=O)N1Br. The maximum Gasteiger partial charge on any atom is 0.420 e. The van der Waals surface area contributed by atoms with Crippen LogP contribution in [-0.2, 0) is 4.74 Å². The highest BCUT2D eigenvalue weighted by molar-refractivity contribution is 9.07. The summed E-state index contributed by atoms with van der Waals surface area (Å²) < 4.78 is 6.07. The molecule has 1 saturated heterocycles. The second-order valence-corrected chi connectivity index (χ2v) is 3.44. The fourth-order valence-corrected chi connectivity index (χ4v) is 1.31. The first kappa shape index (κ1) is 8.14. The maximum absolute atomic E-state index is 10.7. The third kappa shape index (κ3) is 1.10. The molecule has 0 aromatic carbocycles. The zero-order valence-corrected chi connectivity index (χ0v) is 7.78. The van der Waals surface area contributed by atoms with Crippen LogP contribution in [0.3, 0.4) is 0 Å². The molecule has 1 atom stereocenters. The van der Waals surface area contributed by atoms with Gasteiger partial charge < -0.3 is 4.74 Å². The van der Waals surface area contributed by atoms with Gasteiger partial charge >= 0.3 is 6.09 Å². The van der Waals surface area contributed by atoms with E-state index < -0.39 is 5.54 Å². The summed E-state index contributed by atoms with van der Waals surface area (Å²) in [6.45, 7) is 2.19. The van der Waals surface area contributed by atoms with Gasteiger partial charge in [-0.15, -0.1) is 11.6 Å². The van der Waals surface area contributed by atoms with E-state index >= 15 is 0 Å². The monoisotopic (exact) mass is 227 g/mol. The zero-order valence-electron chi connectivity index (χ0n) is 5.43. The number of halogens is 2. The Labute approximate surface area is 72.6 Å². The molecule has 1 amide bonds. The summed E-state index contributed by atoms with van der Waals surface area (Å²) in [7, 11) is 0. The molecule has 0 saturated carbocycles. The third-order valence-electron chi connectivity index (χ3n) is 1.43. The minimum Gasteiger partial charge on any atom is -0.446 e. The number of hydrogen-bond donors (Lipinski definition) is 0. The Hall–Kier alpha value is 0.0400. The summed E-state index contributed by atoms with van der Waals surface area (Å²) in [6.07, 6.45) is -0.372. The lowest BCUT2D eigenvalue weighted by atomic mass is 10.1. The number of carbonyl (C=O) groups is 1. The standard InChI is InChI=1S/C5H7BrClNO2/c1-5(2-7)3-10-4(9)8(5)6/h2-3H2,1H3. The van der Waals surface area contributed by atoms with Crippen molar-refractivity contribution in [3.05, 3.63) is 0 Å². The van der Waals surface area contributed by atoms with E-state index in [2.05, 4.69) is 16.1 Å². The van der Waals surface area contributed by atoms with Crippen LogP contribution in [0.5, 0.6) is 0 Å². The van der Waals surface area contributed by atoms with Crippen molar-refractivity contribution >= 4 is 33.8 Å². The molecule has 0 aromatic heterocycles. The Bertz CT molecular complexity index is 166. The van der Waals surface area contributed by atoms with E-state index in [1.54, 1.807) is 0 Å². The molecular weight excluding hydrogens is 221 g/mol. The van der Waals surface area contributed by atoms with Gasteiger partial charge in [0.05, 0.1) is 16.1 Å². The second kappa shape index (κ2) is 2.58. The van der Waals surface area contributed by atoms with E-state index in [1.165, 1.54) is 3.93 Å². The van der Waals surface area contributed by atoms with E-state index in [9.17, 15) is 4.79 Å². The van der Waals surface area contributed by atoms with Crippen molar-refractivity contribution < 1.29 is 9.53 Å². The summed E-state index contributed by atoms with van der Waals surface area (Å²) in [5.41, 5.74) is -0.390. The van der Waals surface area contributed by atoms with Gasteiger partial charge in [-0.05, 0) is 6.92 Å². The number of ether oxygens (including phenoxy) is 1. The van der Waals surface area contributed by atoms with Crippen molar-refractivity contribution in [2.75, 3.05) is 12.5 Å². The topological polar surface area (TPSA) is 29.5 Å². The summed E-state index contributed by atoms with van der Waals surface area (Å²) in [6, 6.07) is 0. The number of hydrogen-bond acceptors (Lipinski definition) is 2. The van der Waals surface area contributed by atoms with Crippen LogP contribution in [0.4, 0.5) is 4.79 Å². The molecule has 0 bridgehead atoms. The smallest absolute Gasteiger partial charge is 0.420 e. The molecule has 0 aliphatic carbocycles. The van der Waals surface area contributed by atoms with Gasteiger partial charge in [-0.25, -0.2) is 8.72 Å². The minimum absolute atomic E-state index is 0.348. The molecule has 3 nitrogen and oxygen atoms in total. The van der Waals surface area contributed by atoms with Crippen molar-refractivity contribution in [3.8, 4) is 0 Å². The lowest BCUT2D eigenvalue weighted by molar-refractivity contribution is 0.171. The van der Waals surface area contributed by atoms with Crippen LogP contribution < -0.4 is 0 Å². The molecule has 1 unspecified atom stereocenters. The van der Waals surface area contributed by atoms with Crippen molar-refractivity contribution in [2.45, 2.75) is 12.5 Å². The van der Waals surface area contributed by atoms with Gasteiger partial charge in [-0.2, -0.15) is 0 Å². The number of rotatable bonds is 1. The van der Waals surface area contributed by atoms with Gasteiger partial charge in [-0.3, -0.25) is 0 Å². The Kier molecular flexibility index (Phi) is 2.10. The molecule has 1 aliphatic heterocycles. The minimum atomic E-state index is -0.390. The number of carbonyl (C=O) groups excluding carboxylic acids is 1. The molecule has 58 valence electrons. The average Bonchev–Trinajstić information content (AvgIpc) is 2.19. The number of nitrogens with zero attached hydrogens (tertiary/aromatic N) is 1. The third-order valence-corrected chi connectivity index (χ3v) is 3.15. The Balaban J connectivity index is 2.73. The van der Waals surface area contributed by atoms with E-state index in [-0.39, 0.29) is 6.09 Å². The van der Waals surface area contributed by atoms with Gasteiger partial charge in [0.2, 0.25) is 0 Å². The van der Waals surface area contributed by atoms with Crippen LogP contribution in [0.25, 0.3) is 0 Å². The second-order valence-electron chi connectivity index (χ2n) is 2.47. The van der Waals surface area contributed by atoms with Crippen molar-refractivity contribution in [1.82, 2.24) is 3.93 Å². The Morgan fingerprint density at radius 3 is 2.80 bits per heavy atom. The predicted molar refractivity (Wildman–Crippen MR) is 41.2 cm³/mol. The van der Waals surface area contributed by atoms with Crippen LogP contribution in [0.1, 0.15) is 6.92 Å². The zero-order chi connectivity index (χ0) is 7.78. The molecule has 0 radical (unpaired) electrons. The largest absolute Gasteiger partial charge is 0.446 e. The molecule has 1 fully saturated rings. The van der Waals surface area contributed by atoms with Crippen molar-refractivity contribution in [3.63, 3.8) is 0 Å². The first-order chi connectivity index (χ1) is 4.60. The Morgan fingerprint density at radius 1 is 2.00 bits per heavy atom. The van der Waals surface area contributed by atoms with Gasteiger partial charge in [0, 0.05) is 5.88 Å². The van der Waals surface area contributed by atoms with E-state index in [0.29, 0.717) is 12.5 Å². The highest BCUT2D eigenvalue weighted by Gasteiger charge is 2.42. The quantitative estimate of drug-likeness (QED) is 0.505. The first-order valence-corrected chi connectivity index (χ1v) is 4.03. The summed E-state index contributed by atoms with van der Waals surface area (Å²) in [5, 5.41) is 0. The summed E-state index contributed by atoms with van der Waals surface area (Å²) in [5.74, 6) is 0.365. The number of cyclic esters (lactones) is 1. The van der Waals surface area contributed by atoms with Crippen LogP contribution in [0, 0.1) is 0 Å². The Morgan fingerprint density at radius 2 is 2.60 bits per heavy atom. The number of amides is 1. The van der Waals surface area contributed by atoms with Gasteiger partial charge in [0.1, 0.15) is 12.1 Å². The average molecular weight is 228 g/mol.